The molecule has 0 saturated carbocycles. The van der Waals surface area contributed by atoms with Gasteiger partial charge in [0.2, 0.25) is 0 Å². The maximum Gasteiger partial charge on any atom is 0.122 e. The summed E-state index contributed by atoms with van der Waals surface area (Å²) in [6, 6.07) is 4.57. The number of piperidine rings is 1. The molecule has 120 valence electrons. The third kappa shape index (κ3) is 5.12. The molecule has 2 heterocycles. The van der Waals surface area contributed by atoms with Gasteiger partial charge in [0.1, 0.15) is 5.60 Å². The summed E-state index contributed by atoms with van der Waals surface area (Å²) in [5.41, 5.74) is 0.428. The van der Waals surface area contributed by atoms with Gasteiger partial charge in [-0.25, -0.2) is 0 Å². The summed E-state index contributed by atoms with van der Waals surface area (Å²) in [7, 11) is 0. The average Bonchev–Trinajstić information content (AvgIpc) is 2.54. The fourth-order valence-electron chi connectivity index (χ4n) is 3.05. The summed E-state index contributed by atoms with van der Waals surface area (Å²) in [4.78, 5) is 6.66. The molecular formula is C19H28N2O. The molecule has 2 rings (SSSR count). The zero-order valence-corrected chi connectivity index (χ0v) is 13.9. The maximum atomic E-state index is 10.3. The van der Waals surface area contributed by atoms with Gasteiger partial charge in [-0.15, -0.1) is 0 Å². The normalized spacial score (nSPS) is 21.7. The standard InChI is InChI=1S/C19H28N2O/c1-3-4-11-19(2,22)12-8-15-21-14-6-5-10-18(21)17-9-7-13-20-16-17/h7,9,13,16,18,22H,3-6,10-11,14-15H2,1-2H3/t18-,19+/m0/s1. The van der Waals surface area contributed by atoms with Crippen LogP contribution in [0, 0.1) is 11.8 Å². The second-order valence-corrected chi connectivity index (χ2v) is 6.45. The molecule has 0 unspecified atom stereocenters. The summed E-state index contributed by atoms with van der Waals surface area (Å²) in [5, 5.41) is 10.3. The fourth-order valence-corrected chi connectivity index (χ4v) is 3.05. The summed E-state index contributed by atoms with van der Waals surface area (Å²) in [6.07, 6.45) is 10.3. The molecule has 0 amide bonds. The number of pyridine rings is 1. The highest BCUT2D eigenvalue weighted by molar-refractivity contribution is 5.17. The van der Waals surface area contributed by atoms with Gasteiger partial charge in [0.25, 0.3) is 0 Å². The van der Waals surface area contributed by atoms with Crippen molar-refractivity contribution in [3.8, 4) is 11.8 Å². The minimum atomic E-state index is -0.852. The van der Waals surface area contributed by atoms with Crippen molar-refractivity contribution in [2.24, 2.45) is 0 Å². The Kier molecular flexibility index (Phi) is 6.42. The number of nitrogens with zero attached hydrogens (tertiary/aromatic N) is 2. The third-order valence-corrected chi connectivity index (χ3v) is 4.34. The van der Waals surface area contributed by atoms with E-state index in [2.05, 4.69) is 34.7 Å². The summed E-state index contributed by atoms with van der Waals surface area (Å²) in [5.74, 6) is 6.27. The molecule has 2 atom stereocenters. The molecule has 3 heteroatoms. The van der Waals surface area contributed by atoms with Gasteiger partial charge in [0, 0.05) is 18.4 Å². The van der Waals surface area contributed by atoms with E-state index in [1.807, 2.05) is 25.4 Å². The molecule has 22 heavy (non-hydrogen) atoms. The van der Waals surface area contributed by atoms with E-state index in [9.17, 15) is 5.11 Å². The number of rotatable bonds is 5. The quantitative estimate of drug-likeness (QED) is 0.845. The van der Waals surface area contributed by atoms with Gasteiger partial charge in [-0.3, -0.25) is 9.88 Å². The average molecular weight is 300 g/mol. The Balaban J connectivity index is 1.98. The van der Waals surface area contributed by atoms with Crippen LogP contribution in [0.3, 0.4) is 0 Å². The Morgan fingerprint density at radius 1 is 1.45 bits per heavy atom. The van der Waals surface area contributed by atoms with Crippen molar-refractivity contribution in [3.05, 3.63) is 30.1 Å². The first-order chi connectivity index (χ1) is 10.6. The minimum absolute atomic E-state index is 0.414. The highest BCUT2D eigenvalue weighted by Gasteiger charge is 2.23. The zero-order chi connectivity index (χ0) is 15.8. The Morgan fingerprint density at radius 2 is 2.32 bits per heavy atom. The van der Waals surface area contributed by atoms with Crippen LogP contribution in [-0.2, 0) is 0 Å². The lowest BCUT2D eigenvalue weighted by molar-refractivity contribution is 0.109. The molecule has 3 nitrogen and oxygen atoms in total. The lowest BCUT2D eigenvalue weighted by atomic mass is 9.96. The van der Waals surface area contributed by atoms with E-state index >= 15 is 0 Å². The second kappa shape index (κ2) is 8.31. The zero-order valence-electron chi connectivity index (χ0n) is 13.9. The van der Waals surface area contributed by atoms with E-state index in [1.165, 1.54) is 24.8 Å². The molecular weight excluding hydrogens is 272 g/mol. The first-order valence-electron chi connectivity index (χ1n) is 8.49. The minimum Gasteiger partial charge on any atom is -0.378 e. The SMILES string of the molecule is CCCC[C@@](C)(O)C#CCN1CCCC[C@H]1c1cccnc1. The lowest BCUT2D eigenvalue weighted by Crippen LogP contribution is -2.34. The summed E-state index contributed by atoms with van der Waals surface area (Å²) in [6.45, 7) is 5.76. The van der Waals surface area contributed by atoms with E-state index in [4.69, 9.17) is 0 Å². The first-order valence-corrected chi connectivity index (χ1v) is 8.49. The van der Waals surface area contributed by atoms with Crippen molar-refractivity contribution < 1.29 is 5.11 Å². The molecule has 1 aromatic rings. The van der Waals surface area contributed by atoms with Crippen molar-refractivity contribution >= 4 is 0 Å². The molecule has 1 aliphatic heterocycles. The highest BCUT2D eigenvalue weighted by atomic mass is 16.3. The molecule has 1 fully saturated rings. The van der Waals surface area contributed by atoms with Gasteiger partial charge >= 0.3 is 0 Å². The van der Waals surface area contributed by atoms with E-state index in [-0.39, 0.29) is 0 Å². The molecule has 0 radical (unpaired) electrons. The van der Waals surface area contributed by atoms with Crippen LogP contribution in [0.15, 0.2) is 24.5 Å². The Hall–Kier alpha value is -1.37. The number of hydrogen-bond acceptors (Lipinski definition) is 3. The molecule has 0 aromatic carbocycles. The van der Waals surface area contributed by atoms with Crippen molar-refractivity contribution in [1.29, 1.82) is 0 Å². The van der Waals surface area contributed by atoms with Crippen LogP contribution in [-0.4, -0.2) is 33.7 Å². The number of likely N-dealkylation sites (tertiary alicyclic amines) is 1. The van der Waals surface area contributed by atoms with E-state index in [0.29, 0.717) is 6.04 Å². The predicted molar refractivity (Wildman–Crippen MR) is 90.3 cm³/mol. The van der Waals surface area contributed by atoms with Gasteiger partial charge in [0.15, 0.2) is 0 Å². The molecule has 0 aliphatic carbocycles. The van der Waals surface area contributed by atoms with Crippen LogP contribution in [0.2, 0.25) is 0 Å². The topological polar surface area (TPSA) is 36.4 Å². The molecule has 1 aliphatic rings. The fraction of sp³-hybridized carbons (Fsp3) is 0.632. The van der Waals surface area contributed by atoms with Crippen LogP contribution in [0.5, 0.6) is 0 Å². The van der Waals surface area contributed by atoms with E-state index < -0.39 is 5.60 Å². The Bertz CT molecular complexity index is 501. The largest absolute Gasteiger partial charge is 0.378 e. The van der Waals surface area contributed by atoms with E-state index in [1.54, 1.807) is 0 Å². The van der Waals surface area contributed by atoms with Crippen molar-refractivity contribution in [2.75, 3.05) is 13.1 Å². The smallest absolute Gasteiger partial charge is 0.122 e. The van der Waals surface area contributed by atoms with Gasteiger partial charge in [-0.1, -0.05) is 37.7 Å². The number of hydrogen-bond donors (Lipinski definition) is 1. The van der Waals surface area contributed by atoms with Crippen LogP contribution in [0.4, 0.5) is 0 Å². The van der Waals surface area contributed by atoms with Crippen LogP contribution in [0.1, 0.15) is 64.0 Å². The van der Waals surface area contributed by atoms with Crippen LogP contribution < -0.4 is 0 Å². The maximum absolute atomic E-state index is 10.3. The third-order valence-electron chi connectivity index (χ3n) is 4.34. The van der Waals surface area contributed by atoms with Gasteiger partial charge in [-0.05, 0) is 50.8 Å². The molecule has 0 bridgehead atoms. The van der Waals surface area contributed by atoms with E-state index in [0.717, 1.165) is 32.4 Å². The number of unbranched alkanes of at least 4 members (excludes halogenated alkanes) is 1. The molecule has 1 saturated heterocycles. The lowest BCUT2D eigenvalue weighted by Gasteiger charge is -2.34. The monoisotopic (exact) mass is 300 g/mol. The van der Waals surface area contributed by atoms with Crippen molar-refractivity contribution in [2.45, 2.75) is 64.0 Å². The number of aliphatic hydroxyl groups is 1. The molecule has 1 aromatic heterocycles. The van der Waals surface area contributed by atoms with Gasteiger partial charge < -0.3 is 5.11 Å². The van der Waals surface area contributed by atoms with Gasteiger partial charge in [0.05, 0.1) is 6.54 Å². The van der Waals surface area contributed by atoms with Crippen LogP contribution >= 0.6 is 0 Å². The highest BCUT2D eigenvalue weighted by Crippen LogP contribution is 2.29. The first kappa shape index (κ1) is 17.0. The second-order valence-electron chi connectivity index (χ2n) is 6.45. The van der Waals surface area contributed by atoms with Crippen LogP contribution in [0.25, 0.3) is 0 Å². The van der Waals surface area contributed by atoms with Crippen molar-refractivity contribution in [3.63, 3.8) is 0 Å². The Morgan fingerprint density at radius 3 is 3.05 bits per heavy atom. The number of aromatic nitrogens is 1. The molecule has 0 spiro atoms. The molecule has 1 N–H and O–H groups in total. The van der Waals surface area contributed by atoms with Gasteiger partial charge in [-0.2, -0.15) is 0 Å². The van der Waals surface area contributed by atoms with Crippen molar-refractivity contribution in [1.82, 2.24) is 9.88 Å². The Labute approximate surface area is 134 Å². The summed E-state index contributed by atoms with van der Waals surface area (Å²) < 4.78 is 0. The predicted octanol–water partition coefficient (Wildman–Crippen LogP) is 3.55. The summed E-state index contributed by atoms with van der Waals surface area (Å²) >= 11 is 0.